The summed E-state index contributed by atoms with van der Waals surface area (Å²) in [5, 5.41) is 9.34. The average Bonchev–Trinajstić information content (AvgIpc) is 4.01. The summed E-state index contributed by atoms with van der Waals surface area (Å²) in [5.41, 5.74) is 10.8. The first-order valence-corrected chi connectivity index (χ1v) is 19.1. The molecule has 0 radical (unpaired) electrons. The summed E-state index contributed by atoms with van der Waals surface area (Å²) in [7, 11) is 0. The molecule has 6 aromatic heterocycles. The maximum Gasteiger partial charge on any atom is 0.237 e. The van der Waals surface area contributed by atoms with Crippen LogP contribution in [0.1, 0.15) is 0 Å². The highest BCUT2D eigenvalue weighted by molar-refractivity contribution is 6.29. The van der Waals surface area contributed by atoms with Crippen LogP contribution in [-0.2, 0) is 0 Å². The molecule has 0 saturated heterocycles. The SMILES string of the molecule is c1cc(-n2c3ccccc3c3cc4c5ccccc5n(-c5ncncn5)c4cc32)cc(-n2c3ccccc3c3c4c5ccccc5n(-c5ncncn5)c4ccc32)c1. The topological polar surface area (TPSA) is 97.1 Å². The molecule has 0 amide bonds. The van der Waals surface area contributed by atoms with Crippen molar-refractivity contribution in [2.45, 2.75) is 0 Å². The van der Waals surface area contributed by atoms with Crippen LogP contribution in [0.4, 0.5) is 0 Å². The first-order chi connectivity index (χ1) is 28.8. The lowest BCUT2D eigenvalue weighted by Crippen LogP contribution is -2.01. The minimum Gasteiger partial charge on any atom is -0.309 e. The third-order valence-electron chi connectivity index (χ3n) is 11.6. The molecule has 58 heavy (non-hydrogen) atoms. The Balaban J connectivity index is 1.09. The second kappa shape index (κ2) is 11.6. The van der Waals surface area contributed by atoms with Gasteiger partial charge in [0.25, 0.3) is 0 Å². The van der Waals surface area contributed by atoms with E-state index in [0.717, 1.165) is 71.7 Å². The van der Waals surface area contributed by atoms with E-state index in [4.69, 9.17) is 0 Å². The Bertz CT molecular complexity index is 3800. The molecule has 0 aliphatic heterocycles. The summed E-state index contributed by atoms with van der Waals surface area (Å²) >= 11 is 0. The van der Waals surface area contributed by atoms with Crippen molar-refractivity contribution in [2.24, 2.45) is 0 Å². The van der Waals surface area contributed by atoms with Crippen molar-refractivity contribution in [1.29, 1.82) is 0 Å². The quantitative estimate of drug-likeness (QED) is 0.178. The fourth-order valence-corrected chi connectivity index (χ4v) is 9.40. The summed E-state index contributed by atoms with van der Waals surface area (Å²) in [4.78, 5) is 26.5. The van der Waals surface area contributed by atoms with Gasteiger partial charge in [0.1, 0.15) is 25.3 Å². The molecule has 10 nitrogen and oxygen atoms in total. The lowest BCUT2D eigenvalue weighted by atomic mass is 10.1. The summed E-state index contributed by atoms with van der Waals surface area (Å²) in [5.74, 6) is 1.18. The van der Waals surface area contributed by atoms with Crippen LogP contribution < -0.4 is 0 Å². The summed E-state index contributed by atoms with van der Waals surface area (Å²) in [6, 6.07) is 52.3. The Hall–Kier alpha value is -8.24. The maximum absolute atomic E-state index is 4.59. The van der Waals surface area contributed by atoms with Gasteiger partial charge in [-0.25, -0.2) is 29.9 Å². The van der Waals surface area contributed by atoms with E-state index in [2.05, 4.69) is 194 Å². The molecule has 0 fully saturated rings. The number of hydrogen-bond acceptors (Lipinski definition) is 6. The Labute approximate surface area is 328 Å². The second-order valence-electron chi connectivity index (χ2n) is 14.5. The summed E-state index contributed by atoms with van der Waals surface area (Å²) in [6.45, 7) is 0. The van der Waals surface area contributed by atoms with Gasteiger partial charge in [-0.15, -0.1) is 0 Å². The van der Waals surface area contributed by atoms with Gasteiger partial charge in [0, 0.05) is 54.5 Å². The van der Waals surface area contributed by atoms with Gasteiger partial charge in [-0.3, -0.25) is 9.13 Å². The van der Waals surface area contributed by atoms with Gasteiger partial charge in [-0.1, -0.05) is 78.9 Å². The Morgan fingerprint density at radius 2 is 0.672 bits per heavy atom. The maximum atomic E-state index is 4.59. The molecule has 0 saturated carbocycles. The van der Waals surface area contributed by atoms with Gasteiger partial charge in [-0.05, 0) is 66.7 Å². The van der Waals surface area contributed by atoms with Crippen LogP contribution in [0, 0.1) is 0 Å². The van der Waals surface area contributed by atoms with E-state index in [9.17, 15) is 0 Å². The van der Waals surface area contributed by atoms with E-state index in [-0.39, 0.29) is 0 Å². The Kier molecular flexibility index (Phi) is 6.22. The third-order valence-corrected chi connectivity index (χ3v) is 11.6. The van der Waals surface area contributed by atoms with Crippen molar-refractivity contribution in [3.63, 3.8) is 0 Å². The molecule has 0 aliphatic rings. The van der Waals surface area contributed by atoms with Crippen molar-refractivity contribution < 1.29 is 0 Å². The highest BCUT2D eigenvalue weighted by atomic mass is 15.2. The molecule has 0 bridgehead atoms. The van der Waals surface area contributed by atoms with Crippen LogP contribution in [0.15, 0.2) is 171 Å². The number of hydrogen-bond donors (Lipinski definition) is 0. The molecule has 0 unspecified atom stereocenters. The van der Waals surface area contributed by atoms with E-state index in [1.807, 2.05) is 0 Å². The van der Waals surface area contributed by atoms with E-state index >= 15 is 0 Å². The smallest absolute Gasteiger partial charge is 0.237 e. The molecule has 0 spiro atoms. The van der Waals surface area contributed by atoms with Crippen LogP contribution in [0.25, 0.3) is 110 Å². The largest absolute Gasteiger partial charge is 0.309 e. The van der Waals surface area contributed by atoms with E-state index in [0.29, 0.717) is 11.9 Å². The number of nitrogens with zero attached hydrogens (tertiary/aromatic N) is 10. The van der Waals surface area contributed by atoms with Crippen LogP contribution in [0.5, 0.6) is 0 Å². The lowest BCUT2D eigenvalue weighted by molar-refractivity contribution is 0.939. The highest BCUT2D eigenvalue weighted by Gasteiger charge is 2.23. The molecule has 6 heterocycles. The number of para-hydroxylation sites is 4. The molecule has 7 aromatic carbocycles. The second-order valence-corrected chi connectivity index (χ2v) is 14.5. The monoisotopic (exact) mass is 744 g/mol. The summed E-state index contributed by atoms with van der Waals surface area (Å²) in [6.07, 6.45) is 6.21. The Morgan fingerprint density at radius 1 is 0.276 bits per heavy atom. The molecule has 270 valence electrons. The molecule has 0 N–H and O–H groups in total. The minimum atomic E-state index is 0.585. The zero-order valence-corrected chi connectivity index (χ0v) is 30.6. The van der Waals surface area contributed by atoms with Crippen LogP contribution >= 0.6 is 0 Å². The van der Waals surface area contributed by atoms with E-state index < -0.39 is 0 Å². The molecule has 0 aliphatic carbocycles. The number of aromatic nitrogens is 10. The van der Waals surface area contributed by atoms with Crippen molar-refractivity contribution >= 4 is 87.2 Å². The zero-order valence-electron chi connectivity index (χ0n) is 30.6. The van der Waals surface area contributed by atoms with Crippen molar-refractivity contribution in [2.75, 3.05) is 0 Å². The predicted octanol–water partition coefficient (Wildman–Crippen LogP) is 10.4. The van der Waals surface area contributed by atoms with E-state index in [1.165, 1.54) is 26.9 Å². The molecular formula is C48H28N10. The minimum absolute atomic E-state index is 0.585. The van der Waals surface area contributed by atoms with Gasteiger partial charge >= 0.3 is 0 Å². The first kappa shape index (κ1) is 31.0. The average molecular weight is 745 g/mol. The number of fused-ring (bicyclic) bond motifs is 13. The predicted molar refractivity (Wildman–Crippen MR) is 231 cm³/mol. The van der Waals surface area contributed by atoms with Gasteiger partial charge in [0.15, 0.2) is 0 Å². The van der Waals surface area contributed by atoms with E-state index in [1.54, 1.807) is 25.3 Å². The van der Waals surface area contributed by atoms with Crippen LogP contribution in [0.2, 0.25) is 0 Å². The van der Waals surface area contributed by atoms with Gasteiger partial charge < -0.3 is 9.13 Å². The third kappa shape index (κ3) is 4.14. The Morgan fingerprint density at radius 3 is 1.22 bits per heavy atom. The fraction of sp³-hybridized carbons (Fsp3) is 0. The van der Waals surface area contributed by atoms with Crippen molar-refractivity contribution in [1.82, 2.24) is 48.2 Å². The molecule has 0 atom stereocenters. The van der Waals surface area contributed by atoms with Gasteiger partial charge in [-0.2, -0.15) is 0 Å². The highest BCUT2D eigenvalue weighted by Crippen LogP contribution is 2.43. The van der Waals surface area contributed by atoms with Gasteiger partial charge in [0.05, 0.1) is 44.1 Å². The molecule has 10 heteroatoms. The molecule has 13 aromatic rings. The standard InChI is InChI=1S/C48H28N10/c1-5-16-37-31(12-1)35-23-36-32-13-2-6-17-38(32)58(48-53-27-50-28-54-48)44(36)24-43(35)56(37)30-11-9-10-29(22-30)55-39-18-7-3-14-33(39)45-41(55)20-21-42-46(45)34-15-4-8-19-40(34)57(42)47-51-25-49-26-52-47/h1-28H. The zero-order chi connectivity index (χ0) is 37.9. The summed E-state index contributed by atoms with van der Waals surface area (Å²) < 4.78 is 9.06. The normalized spacial score (nSPS) is 12.1. The number of benzene rings is 7. The van der Waals surface area contributed by atoms with Crippen molar-refractivity contribution in [3.8, 4) is 23.3 Å². The van der Waals surface area contributed by atoms with Gasteiger partial charge in [0.2, 0.25) is 11.9 Å². The van der Waals surface area contributed by atoms with Crippen LogP contribution in [-0.4, -0.2) is 48.2 Å². The first-order valence-electron chi connectivity index (χ1n) is 19.1. The molecular weight excluding hydrogens is 717 g/mol. The fourth-order valence-electron chi connectivity index (χ4n) is 9.40. The molecule has 13 rings (SSSR count). The number of rotatable bonds is 4. The van der Waals surface area contributed by atoms with Crippen molar-refractivity contribution in [3.05, 3.63) is 171 Å². The van der Waals surface area contributed by atoms with Crippen LogP contribution in [0.3, 0.4) is 0 Å². The lowest BCUT2D eigenvalue weighted by Gasteiger charge is -2.13.